The predicted octanol–water partition coefficient (Wildman–Crippen LogP) is 2.90. The Morgan fingerprint density at radius 3 is 2.74 bits per heavy atom. The second-order valence-electron chi connectivity index (χ2n) is 6.35. The van der Waals surface area contributed by atoms with Gasteiger partial charge in [0.15, 0.2) is 0 Å². The Morgan fingerprint density at radius 1 is 1.26 bits per heavy atom. The Bertz CT molecular complexity index is 219. The molecule has 0 aromatic rings. The van der Waals surface area contributed by atoms with Crippen LogP contribution < -0.4 is 5.32 Å². The zero-order valence-corrected chi connectivity index (χ0v) is 13.5. The lowest BCUT2D eigenvalue weighted by Gasteiger charge is -2.32. The first-order valence-electron chi connectivity index (χ1n) is 8.19. The summed E-state index contributed by atoms with van der Waals surface area (Å²) in [6.07, 6.45) is 5.61. The minimum Gasteiger partial charge on any atom is -0.377 e. The van der Waals surface area contributed by atoms with Crippen molar-refractivity contribution >= 4 is 0 Å². The van der Waals surface area contributed by atoms with Crippen LogP contribution in [0, 0.1) is 5.92 Å². The van der Waals surface area contributed by atoms with Crippen molar-refractivity contribution in [2.24, 2.45) is 5.92 Å². The molecule has 114 valence electrons. The Kier molecular flexibility index (Phi) is 8.67. The van der Waals surface area contributed by atoms with E-state index in [2.05, 4.69) is 37.9 Å². The van der Waals surface area contributed by atoms with Crippen LogP contribution in [0.5, 0.6) is 0 Å². The molecule has 1 N–H and O–H groups in total. The van der Waals surface area contributed by atoms with Gasteiger partial charge in [0.1, 0.15) is 0 Å². The molecule has 0 aliphatic carbocycles. The summed E-state index contributed by atoms with van der Waals surface area (Å²) in [4.78, 5) is 2.55. The molecule has 0 spiro atoms. The summed E-state index contributed by atoms with van der Waals surface area (Å²) in [6.45, 7) is 14.5. The first kappa shape index (κ1) is 16.9. The maximum Gasteiger partial charge on any atom is 0.0702 e. The van der Waals surface area contributed by atoms with Gasteiger partial charge in [-0.2, -0.15) is 0 Å². The van der Waals surface area contributed by atoms with Gasteiger partial charge in [-0.25, -0.2) is 0 Å². The van der Waals surface area contributed by atoms with Crippen molar-refractivity contribution in [3.63, 3.8) is 0 Å². The van der Waals surface area contributed by atoms with Gasteiger partial charge in [-0.1, -0.05) is 13.8 Å². The van der Waals surface area contributed by atoms with Crippen molar-refractivity contribution in [3.05, 3.63) is 0 Å². The van der Waals surface area contributed by atoms with Crippen LogP contribution in [0.25, 0.3) is 0 Å². The van der Waals surface area contributed by atoms with Crippen LogP contribution in [-0.4, -0.2) is 49.8 Å². The van der Waals surface area contributed by atoms with Crippen LogP contribution in [0.2, 0.25) is 0 Å². The number of hydrogen-bond donors (Lipinski definition) is 1. The molecule has 0 amide bonds. The molecule has 2 unspecified atom stereocenters. The van der Waals surface area contributed by atoms with Gasteiger partial charge in [-0.3, -0.25) is 4.90 Å². The Morgan fingerprint density at radius 2 is 2.05 bits per heavy atom. The van der Waals surface area contributed by atoms with E-state index in [0.29, 0.717) is 12.1 Å². The number of nitrogens with one attached hydrogen (secondary N) is 1. The zero-order valence-electron chi connectivity index (χ0n) is 13.5. The fourth-order valence-corrected chi connectivity index (χ4v) is 2.74. The van der Waals surface area contributed by atoms with Gasteiger partial charge in [0, 0.05) is 32.3 Å². The lowest BCUT2D eigenvalue weighted by atomic mass is 10.0. The van der Waals surface area contributed by atoms with Crippen molar-refractivity contribution in [1.82, 2.24) is 10.2 Å². The SMILES string of the molecule is CCOC1CCCN(CCNC(C)CCC(C)C)C1. The van der Waals surface area contributed by atoms with E-state index in [1.807, 2.05) is 0 Å². The summed E-state index contributed by atoms with van der Waals surface area (Å²) >= 11 is 0. The van der Waals surface area contributed by atoms with Crippen molar-refractivity contribution in [2.45, 2.75) is 65.5 Å². The second-order valence-corrected chi connectivity index (χ2v) is 6.35. The Balaban J connectivity index is 2.08. The molecular formula is C16H34N2O. The maximum atomic E-state index is 5.74. The van der Waals surface area contributed by atoms with Crippen LogP contribution in [-0.2, 0) is 4.74 Å². The molecule has 2 atom stereocenters. The maximum absolute atomic E-state index is 5.74. The molecule has 3 heteroatoms. The highest BCUT2D eigenvalue weighted by Gasteiger charge is 2.19. The van der Waals surface area contributed by atoms with E-state index in [1.54, 1.807) is 0 Å². The van der Waals surface area contributed by atoms with Gasteiger partial charge in [0.05, 0.1) is 6.10 Å². The average Bonchev–Trinajstić information content (AvgIpc) is 2.37. The van der Waals surface area contributed by atoms with Crippen LogP contribution in [0.4, 0.5) is 0 Å². The molecule has 1 fully saturated rings. The first-order valence-corrected chi connectivity index (χ1v) is 8.19. The van der Waals surface area contributed by atoms with Crippen LogP contribution in [0.1, 0.15) is 53.4 Å². The minimum absolute atomic E-state index is 0.470. The quantitative estimate of drug-likeness (QED) is 0.697. The third-order valence-corrected chi connectivity index (χ3v) is 3.96. The molecule has 0 aromatic heterocycles. The molecular weight excluding hydrogens is 236 g/mol. The van der Waals surface area contributed by atoms with Crippen molar-refractivity contribution in [1.29, 1.82) is 0 Å². The van der Waals surface area contributed by atoms with E-state index >= 15 is 0 Å². The van der Waals surface area contributed by atoms with E-state index in [9.17, 15) is 0 Å². The number of piperidine rings is 1. The van der Waals surface area contributed by atoms with Gasteiger partial charge in [0.2, 0.25) is 0 Å². The van der Waals surface area contributed by atoms with Gasteiger partial charge < -0.3 is 10.1 Å². The molecule has 1 aliphatic heterocycles. The van der Waals surface area contributed by atoms with E-state index in [4.69, 9.17) is 4.74 Å². The van der Waals surface area contributed by atoms with Crippen molar-refractivity contribution < 1.29 is 4.74 Å². The number of likely N-dealkylation sites (tertiary alicyclic amines) is 1. The number of ether oxygens (including phenoxy) is 1. The molecule has 1 aliphatic rings. The average molecular weight is 270 g/mol. The first-order chi connectivity index (χ1) is 9.11. The van der Waals surface area contributed by atoms with E-state index in [-0.39, 0.29) is 0 Å². The fourth-order valence-electron chi connectivity index (χ4n) is 2.74. The van der Waals surface area contributed by atoms with E-state index < -0.39 is 0 Å². The summed E-state index contributed by atoms with van der Waals surface area (Å²) in [7, 11) is 0. The summed E-state index contributed by atoms with van der Waals surface area (Å²) in [5, 5.41) is 3.65. The summed E-state index contributed by atoms with van der Waals surface area (Å²) < 4.78 is 5.74. The summed E-state index contributed by atoms with van der Waals surface area (Å²) in [5.41, 5.74) is 0. The molecule has 0 bridgehead atoms. The topological polar surface area (TPSA) is 24.5 Å². The lowest BCUT2D eigenvalue weighted by molar-refractivity contribution is 0.00622. The Hall–Kier alpha value is -0.120. The van der Waals surface area contributed by atoms with Crippen LogP contribution in [0.3, 0.4) is 0 Å². The van der Waals surface area contributed by atoms with E-state index in [0.717, 1.165) is 32.2 Å². The highest BCUT2D eigenvalue weighted by molar-refractivity contribution is 4.74. The fraction of sp³-hybridized carbons (Fsp3) is 1.00. The minimum atomic E-state index is 0.470. The van der Waals surface area contributed by atoms with E-state index in [1.165, 1.54) is 32.2 Å². The number of hydrogen-bond acceptors (Lipinski definition) is 3. The van der Waals surface area contributed by atoms with Crippen LogP contribution in [0.15, 0.2) is 0 Å². The van der Waals surface area contributed by atoms with Crippen molar-refractivity contribution in [3.8, 4) is 0 Å². The molecule has 1 rings (SSSR count). The normalized spacial score (nSPS) is 22.9. The van der Waals surface area contributed by atoms with Gasteiger partial charge in [0.25, 0.3) is 0 Å². The number of nitrogens with zero attached hydrogens (tertiary/aromatic N) is 1. The van der Waals surface area contributed by atoms with Crippen LogP contribution >= 0.6 is 0 Å². The molecule has 1 saturated heterocycles. The molecule has 1 heterocycles. The summed E-state index contributed by atoms with van der Waals surface area (Å²) in [5.74, 6) is 0.818. The monoisotopic (exact) mass is 270 g/mol. The highest BCUT2D eigenvalue weighted by Crippen LogP contribution is 2.12. The van der Waals surface area contributed by atoms with Crippen molar-refractivity contribution in [2.75, 3.05) is 32.8 Å². The number of rotatable bonds is 9. The third-order valence-electron chi connectivity index (χ3n) is 3.96. The smallest absolute Gasteiger partial charge is 0.0702 e. The largest absolute Gasteiger partial charge is 0.377 e. The zero-order chi connectivity index (χ0) is 14.1. The predicted molar refractivity (Wildman–Crippen MR) is 82.6 cm³/mol. The molecule has 0 aromatic carbocycles. The second kappa shape index (κ2) is 9.73. The third kappa shape index (κ3) is 7.91. The molecule has 0 radical (unpaired) electrons. The van der Waals surface area contributed by atoms with Gasteiger partial charge in [-0.15, -0.1) is 0 Å². The Labute approximate surface area is 120 Å². The molecule has 19 heavy (non-hydrogen) atoms. The highest BCUT2D eigenvalue weighted by atomic mass is 16.5. The van der Waals surface area contributed by atoms with Gasteiger partial charge in [-0.05, 0) is 52.0 Å². The lowest BCUT2D eigenvalue weighted by Crippen LogP contribution is -2.43. The molecule has 3 nitrogen and oxygen atoms in total. The van der Waals surface area contributed by atoms with Gasteiger partial charge >= 0.3 is 0 Å². The molecule has 0 saturated carbocycles. The standard InChI is InChI=1S/C16H34N2O/c1-5-19-16-7-6-11-18(13-16)12-10-17-15(4)9-8-14(2)3/h14-17H,5-13H2,1-4H3. The summed E-state index contributed by atoms with van der Waals surface area (Å²) in [6, 6.07) is 0.648.